The molecule has 3 heterocycles. The maximum Gasteiger partial charge on any atom is 0.237 e. The maximum absolute atomic E-state index is 11.8. The highest BCUT2D eigenvalue weighted by Crippen LogP contribution is 2.35. The molecule has 3 aromatic rings. The van der Waals surface area contributed by atoms with Crippen LogP contribution in [0.1, 0.15) is 0 Å². The van der Waals surface area contributed by atoms with Crippen molar-refractivity contribution in [1.29, 1.82) is 0 Å². The number of aromatic nitrogens is 2. The number of ether oxygens (including phenoxy) is 2. The van der Waals surface area contributed by atoms with E-state index >= 15 is 0 Å². The van der Waals surface area contributed by atoms with E-state index in [-0.39, 0.29) is 18.5 Å². The molecule has 25 heavy (non-hydrogen) atoms. The lowest BCUT2D eigenvalue weighted by Gasteiger charge is -2.04. The van der Waals surface area contributed by atoms with Gasteiger partial charge in [-0.05, 0) is 36.4 Å². The number of carbonyl (C=O) groups is 1. The van der Waals surface area contributed by atoms with Gasteiger partial charge in [-0.3, -0.25) is 10.1 Å². The summed E-state index contributed by atoms with van der Waals surface area (Å²) in [6, 6.07) is 12.7. The molecule has 8 heteroatoms. The molecule has 4 rings (SSSR count). The molecule has 0 unspecified atom stereocenters. The van der Waals surface area contributed by atoms with E-state index in [2.05, 4.69) is 15.5 Å². The van der Waals surface area contributed by atoms with Crippen LogP contribution in [0.5, 0.6) is 11.5 Å². The van der Waals surface area contributed by atoms with Crippen molar-refractivity contribution in [1.82, 2.24) is 10.2 Å². The second-order valence-corrected chi connectivity index (χ2v) is 6.13. The Balaban J connectivity index is 1.38. The zero-order valence-corrected chi connectivity index (χ0v) is 13.8. The van der Waals surface area contributed by atoms with Gasteiger partial charge in [0.05, 0.1) is 17.7 Å². The summed E-state index contributed by atoms with van der Waals surface area (Å²) in [7, 11) is 0. The number of benzene rings is 1. The SMILES string of the molecule is O=C(CSc1ccc(-c2ccc3c(c2)OCO3)nn1)Nc1ccco1. The molecule has 1 aliphatic heterocycles. The van der Waals surface area contributed by atoms with Gasteiger partial charge in [0.25, 0.3) is 0 Å². The van der Waals surface area contributed by atoms with Gasteiger partial charge in [0, 0.05) is 11.6 Å². The zero-order valence-electron chi connectivity index (χ0n) is 13.0. The van der Waals surface area contributed by atoms with Crippen LogP contribution >= 0.6 is 11.8 Å². The summed E-state index contributed by atoms with van der Waals surface area (Å²) in [5.41, 5.74) is 1.62. The highest BCUT2D eigenvalue weighted by Gasteiger charge is 2.14. The number of furan rings is 1. The van der Waals surface area contributed by atoms with Crippen molar-refractivity contribution >= 4 is 23.6 Å². The number of nitrogens with one attached hydrogen (secondary N) is 1. The van der Waals surface area contributed by atoms with Gasteiger partial charge in [-0.2, -0.15) is 0 Å². The molecule has 1 amide bonds. The van der Waals surface area contributed by atoms with Gasteiger partial charge in [-0.1, -0.05) is 11.8 Å². The van der Waals surface area contributed by atoms with E-state index in [9.17, 15) is 4.79 Å². The number of hydrogen-bond donors (Lipinski definition) is 1. The number of carbonyl (C=O) groups excluding carboxylic acids is 1. The number of anilines is 1. The maximum atomic E-state index is 11.8. The largest absolute Gasteiger partial charge is 0.454 e. The highest BCUT2D eigenvalue weighted by molar-refractivity contribution is 7.99. The second kappa shape index (κ2) is 6.86. The fraction of sp³-hybridized carbons (Fsp3) is 0.118. The smallest absolute Gasteiger partial charge is 0.237 e. The Kier molecular flexibility index (Phi) is 4.26. The number of thioether (sulfide) groups is 1. The molecule has 1 aromatic carbocycles. The third kappa shape index (κ3) is 3.58. The van der Waals surface area contributed by atoms with Crippen LogP contribution in [-0.2, 0) is 4.79 Å². The average Bonchev–Trinajstić information content (AvgIpc) is 3.31. The van der Waals surface area contributed by atoms with Crippen molar-refractivity contribution in [2.24, 2.45) is 0 Å². The van der Waals surface area contributed by atoms with Crippen molar-refractivity contribution in [3.63, 3.8) is 0 Å². The zero-order chi connectivity index (χ0) is 17.1. The molecule has 0 atom stereocenters. The first-order valence-electron chi connectivity index (χ1n) is 7.48. The van der Waals surface area contributed by atoms with Gasteiger partial charge in [0.15, 0.2) is 17.4 Å². The van der Waals surface area contributed by atoms with Gasteiger partial charge >= 0.3 is 0 Å². The van der Waals surface area contributed by atoms with Crippen LogP contribution in [0.3, 0.4) is 0 Å². The molecule has 126 valence electrons. The predicted molar refractivity (Wildman–Crippen MR) is 91.7 cm³/mol. The summed E-state index contributed by atoms with van der Waals surface area (Å²) in [5.74, 6) is 1.91. The van der Waals surface area contributed by atoms with E-state index < -0.39 is 0 Å². The number of fused-ring (bicyclic) bond motifs is 1. The van der Waals surface area contributed by atoms with E-state index in [1.54, 1.807) is 12.1 Å². The number of rotatable bonds is 5. The molecule has 2 aromatic heterocycles. The van der Waals surface area contributed by atoms with Crippen molar-refractivity contribution in [2.45, 2.75) is 5.03 Å². The topological polar surface area (TPSA) is 86.5 Å². The van der Waals surface area contributed by atoms with Crippen molar-refractivity contribution in [3.05, 3.63) is 48.7 Å². The number of nitrogens with zero attached hydrogens (tertiary/aromatic N) is 2. The summed E-state index contributed by atoms with van der Waals surface area (Å²) in [5, 5.41) is 11.7. The van der Waals surface area contributed by atoms with Gasteiger partial charge < -0.3 is 13.9 Å². The van der Waals surface area contributed by atoms with Crippen LogP contribution in [0.15, 0.2) is 58.2 Å². The number of hydrogen-bond acceptors (Lipinski definition) is 7. The summed E-state index contributed by atoms with van der Waals surface area (Å²) in [4.78, 5) is 11.8. The molecule has 0 fully saturated rings. The third-order valence-electron chi connectivity index (χ3n) is 3.44. The van der Waals surface area contributed by atoms with E-state index in [1.807, 2.05) is 30.3 Å². The predicted octanol–water partition coefficient (Wildman–Crippen LogP) is 3.20. The molecule has 0 spiro atoms. The third-order valence-corrected chi connectivity index (χ3v) is 4.36. The van der Waals surface area contributed by atoms with E-state index in [1.165, 1.54) is 18.0 Å². The fourth-order valence-electron chi connectivity index (χ4n) is 2.27. The molecule has 0 saturated carbocycles. The van der Waals surface area contributed by atoms with Crippen LogP contribution in [0.25, 0.3) is 11.3 Å². The number of amides is 1. The fourth-order valence-corrected chi connectivity index (χ4v) is 2.88. The lowest BCUT2D eigenvalue weighted by molar-refractivity contribution is -0.113. The summed E-state index contributed by atoms with van der Waals surface area (Å²) in [6.45, 7) is 0.236. The molecule has 7 nitrogen and oxygen atoms in total. The molecule has 0 aliphatic carbocycles. The van der Waals surface area contributed by atoms with E-state index in [4.69, 9.17) is 13.9 Å². The first-order chi connectivity index (χ1) is 12.3. The Morgan fingerprint density at radius 3 is 2.84 bits per heavy atom. The quantitative estimate of drug-likeness (QED) is 0.703. The Morgan fingerprint density at radius 1 is 1.12 bits per heavy atom. The van der Waals surface area contributed by atoms with E-state index in [0.29, 0.717) is 16.7 Å². The van der Waals surface area contributed by atoms with Gasteiger partial charge in [0.1, 0.15) is 5.03 Å². The summed E-state index contributed by atoms with van der Waals surface area (Å²) in [6.07, 6.45) is 1.50. The average molecular weight is 355 g/mol. The molecule has 1 N–H and O–H groups in total. The van der Waals surface area contributed by atoms with Crippen molar-refractivity contribution in [2.75, 3.05) is 17.9 Å². The molecule has 1 aliphatic rings. The van der Waals surface area contributed by atoms with Crippen LogP contribution in [0, 0.1) is 0 Å². The highest BCUT2D eigenvalue weighted by atomic mass is 32.2. The second-order valence-electron chi connectivity index (χ2n) is 5.14. The first-order valence-corrected chi connectivity index (χ1v) is 8.46. The Labute approximate surface area is 147 Å². The minimum atomic E-state index is -0.165. The van der Waals surface area contributed by atoms with Crippen LogP contribution < -0.4 is 14.8 Å². The molecule has 0 radical (unpaired) electrons. The molecule has 0 saturated heterocycles. The standard InChI is InChI=1S/C17H13N3O4S/c21-15(18-16-2-1-7-22-16)9-25-17-6-4-12(19-20-17)11-3-5-13-14(8-11)24-10-23-13/h1-8H,9-10H2,(H,18,21). The minimum absolute atomic E-state index is 0.165. The van der Waals surface area contributed by atoms with Gasteiger partial charge in [-0.15, -0.1) is 10.2 Å². The first kappa shape index (κ1) is 15.5. The van der Waals surface area contributed by atoms with Crippen LogP contribution in [0.2, 0.25) is 0 Å². The van der Waals surface area contributed by atoms with E-state index in [0.717, 1.165) is 17.0 Å². The van der Waals surface area contributed by atoms with Crippen molar-refractivity contribution in [3.8, 4) is 22.8 Å². The van der Waals surface area contributed by atoms with Gasteiger partial charge in [0.2, 0.25) is 12.7 Å². The Bertz CT molecular complexity index is 881. The minimum Gasteiger partial charge on any atom is -0.454 e. The summed E-state index contributed by atoms with van der Waals surface area (Å²) < 4.78 is 15.7. The molecule has 0 bridgehead atoms. The lowest BCUT2D eigenvalue weighted by Crippen LogP contribution is -2.13. The molecular weight excluding hydrogens is 342 g/mol. The van der Waals surface area contributed by atoms with Gasteiger partial charge in [-0.25, -0.2) is 0 Å². The molecular formula is C17H13N3O4S. The summed E-state index contributed by atoms with van der Waals surface area (Å²) >= 11 is 1.30. The lowest BCUT2D eigenvalue weighted by atomic mass is 10.1. The normalized spacial score (nSPS) is 12.2. The Hall–Kier alpha value is -3.00. The van der Waals surface area contributed by atoms with Crippen molar-refractivity contribution < 1.29 is 18.7 Å². The van der Waals surface area contributed by atoms with Crippen LogP contribution in [-0.4, -0.2) is 28.7 Å². The monoisotopic (exact) mass is 355 g/mol. The van der Waals surface area contributed by atoms with Crippen LogP contribution in [0.4, 0.5) is 5.88 Å². The Morgan fingerprint density at radius 2 is 2.04 bits per heavy atom.